The van der Waals surface area contributed by atoms with Crippen LogP contribution in [0.4, 0.5) is 4.39 Å². The highest BCUT2D eigenvalue weighted by molar-refractivity contribution is 5.76. The van der Waals surface area contributed by atoms with Crippen molar-refractivity contribution in [2.75, 3.05) is 19.8 Å². The van der Waals surface area contributed by atoms with Crippen LogP contribution in [0.25, 0.3) is 0 Å². The Balaban J connectivity index is 1.43. The molecule has 2 aliphatic heterocycles. The molecule has 0 saturated carbocycles. The molecule has 1 saturated heterocycles. The lowest BCUT2D eigenvalue weighted by Gasteiger charge is -2.23. The number of carbonyl (C=O) groups is 1. The Hall–Kier alpha value is -3.18. The molecule has 0 unspecified atom stereocenters. The Morgan fingerprint density at radius 2 is 1.91 bits per heavy atom. The highest BCUT2D eigenvalue weighted by Gasteiger charge is 2.43. The summed E-state index contributed by atoms with van der Waals surface area (Å²) < 4.78 is 26.2. The van der Waals surface area contributed by atoms with Crippen LogP contribution in [0.3, 0.4) is 0 Å². The van der Waals surface area contributed by atoms with Crippen LogP contribution in [0.2, 0.25) is 0 Å². The minimum atomic E-state index is -0.426. The van der Waals surface area contributed by atoms with Crippen molar-refractivity contribution in [1.82, 2.24) is 5.32 Å². The Labute approximate surface area is 193 Å². The SMILES string of the molecule is CCOC(=O)[C@@H]1[C@@H](c2ccc3c(c2)CCO3)CN[C@H]1c1ccc(Cc2ccccc2)c(F)c1. The van der Waals surface area contributed by atoms with Gasteiger partial charge in [-0.25, -0.2) is 4.39 Å². The van der Waals surface area contributed by atoms with Crippen LogP contribution in [0.5, 0.6) is 5.75 Å². The topological polar surface area (TPSA) is 47.6 Å². The Kier molecular flexibility index (Phi) is 6.14. The van der Waals surface area contributed by atoms with E-state index in [1.54, 1.807) is 6.07 Å². The molecule has 0 radical (unpaired) electrons. The second-order valence-electron chi connectivity index (χ2n) is 8.75. The van der Waals surface area contributed by atoms with Gasteiger partial charge in [0.2, 0.25) is 0 Å². The summed E-state index contributed by atoms with van der Waals surface area (Å²) in [6.07, 6.45) is 1.41. The van der Waals surface area contributed by atoms with Gasteiger partial charge in [0.15, 0.2) is 0 Å². The molecule has 2 aliphatic rings. The zero-order chi connectivity index (χ0) is 22.8. The summed E-state index contributed by atoms with van der Waals surface area (Å²) in [6.45, 7) is 3.45. The minimum Gasteiger partial charge on any atom is -0.493 e. The molecule has 4 nitrogen and oxygen atoms in total. The molecule has 33 heavy (non-hydrogen) atoms. The largest absolute Gasteiger partial charge is 0.493 e. The first-order chi connectivity index (χ1) is 16.1. The highest BCUT2D eigenvalue weighted by atomic mass is 19.1. The monoisotopic (exact) mass is 445 g/mol. The first-order valence-electron chi connectivity index (χ1n) is 11.6. The standard InChI is InChI=1S/C28H28FNO3/c1-2-32-28(31)26-23(19-10-11-25-21(15-19)12-13-33-25)17-30-27(26)22-9-8-20(24(29)16-22)14-18-6-4-3-5-7-18/h3-11,15-16,23,26-27,30H,2,12-14,17H2,1H3/t23-,26-,27+/m1/s1. The lowest BCUT2D eigenvalue weighted by molar-refractivity contribution is -0.148. The Morgan fingerprint density at radius 1 is 1.09 bits per heavy atom. The van der Waals surface area contributed by atoms with E-state index in [0.29, 0.717) is 31.7 Å². The summed E-state index contributed by atoms with van der Waals surface area (Å²) in [7, 11) is 0. The number of hydrogen-bond acceptors (Lipinski definition) is 4. The van der Waals surface area contributed by atoms with Crippen LogP contribution in [-0.4, -0.2) is 25.7 Å². The van der Waals surface area contributed by atoms with Gasteiger partial charge in [-0.1, -0.05) is 54.6 Å². The van der Waals surface area contributed by atoms with Gasteiger partial charge in [-0.3, -0.25) is 4.79 Å². The van der Waals surface area contributed by atoms with Crippen LogP contribution in [0, 0.1) is 11.7 Å². The van der Waals surface area contributed by atoms with E-state index in [0.717, 1.165) is 28.9 Å². The van der Waals surface area contributed by atoms with Gasteiger partial charge >= 0.3 is 5.97 Å². The number of rotatable bonds is 6. The summed E-state index contributed by atoms with van der Waals surface area (Å²) in [4.78, 5) is 13.1. The molecule has 3 aromatic rings. The molecule has 0 amide bonds. The first kappa shape index (κ1) is 21.7. The number of ether oxygens (including phenoxy) is 2. The van der Waals surface area contributed by atoms with Gasteiger partial charge in [0.05, 0.1) is 19.1 Å². The molecular weight excluding hydrogens is 417 g/mol. The molecule has 1 fully saturated rings. The summed E-state index contributed by atoms with van der Waals surface area (Å²) in [5.74, 6) is -0.0522. The zero-order valence-electron chi connectivity index (χ0n) is 18.7. The lowest BCUT2D eigenvalue weighted by atomic mass is 9.82. The van der Waals surface area contributed by atoms with E-state index >= 15 is 4.39 Å². The van der Waals surface area contributed by atoms with Crippen LogP contribution < -0.4 is 10.1 Å². The van der Waals surface area contributed by atoms with Gasteiger partial charge in [-0.05, 0) is 46.9 Å². The molecule has 0 spiro atoms. The second kappa shape index (κ2) is 9.36. The van der Waals surface area contributed by atoms with Crippen molar-refractivity contribution in [1.29, 1.82) is 0 Å². The fourth-order valence-corrected chi connectivity index (χ4v) is 5.08. The van der Waals surface area contributed by atoms with Crippen LogP contribution in [0.15, 0.2) is 66.7 Å². The summed E-state index contributed by atoms with van der Waals surface area (Å²) in [5.41, 5.74) is 4.75. The van der Waals surface area contributed by atoms with Crippen molar-refractivity contribution in [3.8, 4) is 5.75 Å². The third-order valence-electron chi connectivity index (χ3n) is 6.72. The van der Waals surface area contributed by atoms with Gasteiger partial charge in [0.25, 0.3) is 0 Å². The average molecular weight is 446 g/mol. The van der Waals surface area contributed by atoms with E-state index in [1.807, 2.05) is 61.5 Å². The van der Waals surface area contributed by atoms with Crippen molar-refractivity contribution in [3.05, 3.63) is 100 Å². The van der Waals surface area contributed by atoms with Crippen molar-refractivity contribution in [3.63, 3.8) is 0 Å². The maximum Gasteiger partial charge on any atom is 0.311 e. The third kappa shape index (κ3) is 4.38. The van der Waals surface area contributed by atoms with Crippen molar-refractivity contribution in [2.45, 2.75) is 31.7 Å². The Morgan fingerprint density at radius 3 is 2.70 bits per heavy atom. The van der Waals surface area contributed by atoms with E-state index in [9.17, 15) is 4.79 Å². The molecule has 5 heteroatoms. The number of benzene rings is 3. The predicted molar refractivity (Wildman–Crippen MR) is 125 cm³/mol. The van der Waals surface area contributed by atoms with E-state index in [4.69, 9.17) is 9.47 Å². The fraction of sp³-hybridized carbons (Fsp3) is 0.321. The molecule has 170 valence electrons. The number of esters is 1. The van der Waals surface area contributed by atoms with Gasteiger partial charge < -0.3 is 14.8 Å². The number of carbonyl (C=O) groups excluding carboxylic acids is 1. The molecule has 2 heterocycles. The minimum absolute atomic E-state index is 0.0491. The van der Waals surface area contributed by atoms with Gasteiger partial charge in [0, 0.05) is 31.3 Å². The van der Waals surface area contributed by atoms with Crippen molar-refractivity contribution < 1.29 is 18.7 Å². The molecule has 1 N–H and O–H groups in total. The third-order valence-corrected chi connectivity index (χ3v) is 6.72. The van der Waals surface area contributed by atoms with E-state index in [1.165, 1.54) is 5.56 Å². The summed E-state index contributed by atoms with van der Waals surface area (Å²) in [5, 5.41) is 3.48. The predicted octanol–water partition coefficient (Wildman–Crippen LogP) is 4.96. The molecule has 0 bridgehead atoms. The molecule has 5 rings (SSSR count). The molecule has 0 aliphatic carbocycles. The quantitative estimate of drug-likeness (QED) is 0.545. The molecular formula is C28H28FNO3. The first-order valence-corrected chi connectivity index (χ1v) is 11.6. The zero-order valence-corrected chi connectivity index (χ0v) is 18.7. The normalized spacial score (nSPS) is 21.5. The van der Waals surface area contributed by atoms with Crippen LogP contribution >= 0.6 is 0 Å². The van der Waals surface area contributed by atoms with Gasteiger partial charge in [0.1, 0.15) is 11.6 Å². The van der Waals surface area contributed by atoms with Crippen LogP contribution in [-0.2, 0) is 22.4 Å². The second-order valence-corrected chi connectivity index (χ2v) is 8.75. The molecule has 3 atom stereocenters. The van der Waals surface area contributed by atoms with E-state index in [-0.39, 0.29) is 23.7 Å². The van der Waals surface area contributed by atoms with E-state index < -0.39 is 5.92 Å². The van der Waals surface area contributed by atoms with Crippen molar-refractivity contribution in [2.24, 2.45) is 5.92 Å². The van der Waals surface area contributed by atoms with Gasteiger partial charge in [-0.2, -0.15) is 0 Å². The summed E-state index contributed by atoms with van der Waals surface area (Å²) >= 11 is 0. The van der Waals surface area contributed by atoms with Crippen LogP contribution in [0.1, 0.15) is 46.7 Å². The molecule has 0 aromatic heterocycles. The average Bonchev–Trinajstić information content (AvgIpc) is 3.48. The number of hydrogen-bond donors (Lipinski definition) is 1. The molecule has 3 aromatic carbocycles. The van der Waals surface area contributed by atoms with E-state index in [2.05, 4.69) is 11.4 Å². The number of halogens is 1. The maximum atomic E-state index is 15.1. The highest BCUT2D eigenvalue weighted by Crippen LogP contribution is 2.42. The maximum absolute atomic E-state index is 15.1. The van der Waals surface area contributed by atoms with Crippen molar-refractivity contribution >= 4 is 5.97 Å². The summed E-state index contributed by atoms with van der Waals surface area (Å²) in [6, 6.07) is 21.1. The smallest absolute Gasteiger partial charge is 0.311 e. The number of fused-ring (bicyclic) bond motifs is 1. The lowest BCUT2D eigenvalue weighted by Crippen LogP contribution is -2.27. The van der Waals surface area contributed by atoms with Gasteiger partial charge in [-0.15, -0.1) is 0 Å². The Bertz CT molecular complexity index is 1150. The number of nitrogens with one attached hydrogen (secondary N) is 1. The fourth-order valence-electron chi connectivity index (χ4n) is 5.08.